The topological polar surface area (TPSA) is 49.8 Å². The Morgan fingerprint density at radius 2 is 2.00 bits per heavy atom. The molecule has 0 atom stereocenters. The van der Waals surface area contributed by atoms with Gasteiger partial charge in [-0.1, -0.05) is 25.6 Å². The highest BCUT2D eigenvalue weighted by atomic mass is 32.2. The third kappa shape index (κ3) is 9.15. The number of hydrogen-bond donors (Lipinski definition) is 1. The van der Waals surface area contributed by atoms with Crippen molar-refractivity contribution < 1.29 is 14.6 Å². The van der Waals surface area contributed by atoms with E-state index in [2.05, 4.69) is 18.7 Å². The molecule has 5 heteroatoms. The summed E-state index contributed by atoms with van der Waals surface area (Å²) in [6.45, 7) is 7.96. The number of hydrogen-bond acceptors (Lipinski definition) is 5. The molecule has 16 heavy (non-hydrogen) atoms. The van der Waals surface area contributed by atoms with Gasteiger partial charge in [-0.2, -0.15) is 0 Å². The van der Waals surface area contributed by atoms with Crippen LogP contribution < -0.4 is 0 Å². The number of aliphatic hydroxyl groups excluding tert-OH is 1. The number of carbonyl (C=O) groups is 1. The van der Waals surface area contributed by atoms with Gasteiger partial charge < -0.3 is 14.7 Å². The van der Waals surface area contributed by atoms with Gasteiger partial charge in [0.15, 0.2) is 5.12 Å². The highest BCUT2D eigenvalue weighted by Crippen LogP contribution is 2.06. The smallest absolute Gasteiger partial charge is 0.190 e. The van der Waals surface area contributed by atoms with Gasteiger partial charge in [0.2, 0.25) is 0 Å². The Balaban J connectivity index is 3.37. The van der Waals surface area contributed by atoms with Gasteiger partial charge in [-0.05, 0) is 13.1 Å². The van der Waals surface area contributed by atoms with E-state index in [4.69, 9.17) is 9.84 Å². The lowest BCUT2D eigenvalue weighted by atomic mass is 10.4. The van der Waals surface area contributed by atoms with Crippen molar-refractivity contribution >= 4 is 16.9 Å². The Hall–Kier alpha value is -0.100. The zero-order valence-corrected chi connectivity index (χ0v) is 11.1. The first-order valence-corrected chi connectivity index (χ1v) is 6.79. The van der Waals surface area contributed by atoms with Crippen LogP contribution in [0.4, 0.5) is 0 Å². The summed E-state index contributed by atoms with van der Waals surface area (Å²) < 4.78 is 5.07. The quantitative estimate of drug-likeness (QED) is 0.585. The molecule has 96 valence electrons. The number of nitrogens with zero attached hydrogens (tertiary/aromatic N) is 1. The summed E-state index contributed by atoms with van der Waals surface area (Å²) in [5.74, 6) is 0.678. The first-order chi connectivity index (χ1) is 7.74. The van der Waals surface area contributed by atoms with Crippen molar-refractivity contribution in [2.45, 2.75) is 20.3 Å². The molecule has 0 aromatic rings. The number of carbonyl (C=O) groups excluding carboxylic acids is 1. The summed E-state index contributed by atoms with van der Waals surface area (Å²) in [5.41, 5.74) is 0. The molecule has 0 unspecified atom stereocenters. The van der Waals surface area contributed by atoms with E-state index in [0.717, 1.165) is 19.6 Å². The molecule has 0 saturated carbocycles. The predicted octanol–water partition coefficient (Wildman–Crippen LogP) is 0.987. The Kier molecular flexibility index (Phi) is 11.3. The zero-order chi connectivity index (χ0) is 12.2. The molecule has 0 rings (SSSR count). The predicted molar refractivity (Wildman–Crippen MR) is 67.8 cm³/mol. The van der Waals surface area contributed by atoms with Crippen molar-refractivity contribution in [2.75, 3.05) is 45.2 Å². The number of ether oxygens (including phenoxy) is 1. The van der Waals surface area contributed by atoms with E-state index in [9.17, 15) is 4.79 Å². The second-order valence-corrected chi connectivity index (χ2v) is 4.49. The van der Waals surface area contributed by atoms with E-state index in [0.29, 0.717) is 25.4 Å². The van der Waals surface area contributed by atoms with E-state index >= 15 is 0 Å². The van der Waals surface area contributed by atoms with Gasteiger partial charge in [0, 0.05) is 18.7 Å². The van der Waals surface area contributed by atoms with Gasteiger partial charge in [0.25, 0.3) is 0 Å². The SMILES string of the molecule is CCN(CC)CCC(=O)SCCOCCO. The van der Waals surface area contributed by atoms with Gasteiger partial charge in [-0.15, -0.1) is 0 Å². The first-order valence-electron chi connectivity index (χ1n) is 5.81. The second kappa shape index (κ2) is 11.4. The molecule has 0 radical (unpaired) electrons. The van der Waals surface area contributed by atoms with Crippen LogP contribution in [-0.2, 0) is 9.53 Å². The lowest BCUT2D eigenvalue weighted by molar-refractivity contribution is -0.111. The Morgan fingerprint density at radius 3 is 2.56 bits per heavy atom. The molecule has 0 saturated heterocycles. The standard InChI is InChI=1S/C11H23NO3S/c1-3-12(4-2)6-5-11(14)16-10-9-15-8-7-13/h13H,3-10H2,1-2H3. The van der Waals surface area contributed by atoms with E-state index in [1.807, 2.05) is 0 Å². The summed E-state index contributed by atoms with van der Waals surface area (Å²) in [5, 5.41) is 8.69. The van der Waals surface area contributed by atoms with Gasteiger partial charge in [-0.3, -0.25) is 4.79 Å². The van der Waals surface area contributed by atoms with Crippen molar-refractivity contribution in [1.82, 2.24) is 4.90 Å². The maximum absolute atomic E-state index is 11.4. The van der Waals surface area contributed by atoms with Crippen molar-refractivity contribution in [3.05, 3.63) is 0 Å². The molecule has 0 spiro atoms. The number of rotatable bonds is 10. The monoisotopic (exact) mass is 249 g/mol. The minimum absolute atomic E-state index is 0.0422. The van der Waals surface area contributed by atoms with E-state index < -0.39 is 0 Å². The minimum Gasteiger partial charge on any atom is -0.394 e. The molecule has 1 N–H and O–H groups in total. The largest absolute Gasteiger partial charge is 0.394 e. The van der Waals surface area contributed by atoms with Crippen LogP contribution in [0.25, 0.3) is 0 Å². The average Bonchev–Trinajstić information content (AvgIpc) is 2.30. The molecule has 0 aromatic carbocycles. The Morgan fingerprint density at radius 1 is 1.31 bits per heavy atom. The van der Waals surface area contributed by atoms with Gasteiger partial charge >= 0.3 is 0 Å². The van der Waals surface area contributed by atoms with E-state index in [-0.39, 0.29) is 11.7 Å². The maximum atomic E-state index is 11.4. The third-order valence-corrected chi connectivity index (χ3v) is 3.15. The molecule has 0 heterocycles. The maximum Gasteiger partial charge on any atom is 0.190 e. The van der Waals surface area contributed by atoms with Crippen LogP contribution in [0, 0.1) is 0 Å². The third-order valence-electron chi connectivity index (χ3n) is 2.25. The number of aliphatic hydroxyl groups is 1. The highest BCUT2D eigenvalue weighted by molar-refractivity contribution is 8.13. The summed E-state index contributed by atoms with van der Waals surface area (Å²) in [6, 6.07) is 0. The molecule has 0 amide bonds. The zero-order valence-electron chi connectivity index (χ0n) is 10.3. The molecule has 0 bridgehead atoms. The molecule has 0 aliphatic rings. The van der Waals surface area contributed by atoms with Crippen LogP contribution in [-0.4, -0.2) is 60.3 Å². The fourth-order valence-electron chi connectivity index (χ4n) is 1.24. The fourth-order valence-corrected chi connectivity index (χ4v) is 1.91. The molecular formula is C11H23NO3S. The van der Waals surface area contributed by atoms with Crippen molar-refractivity contribution in [3.63, 3.8) is 0 Å². The van der Waals surface area contributed by atoms with Crippen molar-refractivity contribution in [2.24, 2.45) is 0 Å². The second-order valence-electron chi connectivity index (χ2n) is 3.33. The molecule has 0 aromatic heterocycles. The number of thioether (sulfide) groups is 1. The average molecular weight is 249 g/mol. The lowest BCUT2D eigenvalue weighted by Crippen LogP contribution is -2.25. The Labute approximate surface area is 102 Å². The Bertz CT molecular complexity index is 175. The van der Waals surface area contributed by atoms with Crippen LogP contribution in [0.2, 0.25) is 0 Å². The van der Waals surface area contributed by atoms with Crippen LogP contribution in [0.1, 0.15) is 20.3 Å². The molecule has 0 fully saturated rings. The minimum atomic E-state index is 0.0422. The van der Waals surface area contributed by atoms with Crippen LogP contribution in [0.5, 0.6) is 0 Å². The van der Waals surface area contributed by atoms with E-state index in [1.165, 1.54) is 11.8 Å². The van der Waals surface area contributed by atoms with Crippen LogP contribution >= 0.6 is 11.8 Å². The normalized spacial score (nSPS) is 11.0. The summed E-state index contributed by atoms with van der Waals surface area (Å²) >= 11 is 1.32. The molecule has 0 aliphatic carbocycles. The molecule has 4 nitrogen and oxygen atoms in total. The van der Waals surface area contributed by atoms with Gasteiger partial charge in [0.1, 0.15) is 0 Å². The van der Waals surface area contributed by atoms with Crippen LogP contribution in [0.15, 0.2) is 0 Å². The van der Waals surface area contributed by atoms with Gasteiger partial charge in [0.05, 0.1) is 19.8 Å². The van der Waals surface area contributed by atoms with E-state index in [1.54, 1.807) is 0 Å². The summed E-state index contributed by atoms with van der Waals surface area (Å²) in [6.07, 6.45) is 0.604. The summed E-state index contributed by atoms with van der Waals surface area (Å²) in [4.78, 5) is 13.7. The highest BCUT2D eigenvalue weighted by Gasteiger charge is 2.05. The fraction of sp³-hybridized carbons (Fsp3) is 0.909. The van der Waals surface area contributed by atoms with Crippen molar-refractivity contribution in [1.29, 1.82) is 0 Å². The van der Waals surface area contributed by atoms with Gasteiger partial charge in [-0.25, -0.2) is 0 Å². The summed E-state index contributed by atoms with van der Waals surface area (Å²) in [7, 11) is 0. The van der Waals surface area contributed by atoms with Crippen LogP contribution in [0.3, 0.4) is 0 Å². The molecule has 0 aliphatic heterocycles. The lowest BCUT2D eigenvalue weighted by Gasteiger charge is -2.16. The first kappa shape index (κ1) is 15.9. The van der Waals surface area contributed by atoms with Crippen molar-refractivity contribution in [3.8, 4) is 0 Å². The molecular weight excluding hydrogens is 226 g/mol.